The molecule has 4 heteroatoms. The summed E-state index contributed by atoms with van der Waals surface area (Å²) in [7, 11) is 0. The van der Waals surface area contributed by atoms with Gasteiger partial charge >= 0.3 is 0 Å². The van der Waals surface area contributed by atoms with E-state index in [0.717, 1.165) is 18.5 Å². The minimum absolute atomic E-state index is 0.191. The smallest absolute Gasteiger partial charge is 0.129 e. The molecule has 0 aromatic heterocycles. The standard InChI is InChI=1S/C15H20BrClFN/c1-11(16)8-14-4-2-3-7-19(14)10-12-5-6-13(17)9-15(12)18/h5-6,9,11,14H,2-4,7-8,10H2,1H3. The van der Waals surface area contributed by atoms with Crippen LogP contribution in [-0.2, 0) is 6.54 Å². The molecular formula is C15H20BrClFN. The van der Waals surface area contributed by atoms with Crippen molar-refractivity contribution < 1.29 is 4.39 Å². The fourth-order valence-corrected chi connectivity index (χ4v) is 3.37. The fourth-order valence-electron chi connectivity index (χ4n) is 2.78. The molecule has 2 rings (SSSR count). The lowest BCUT2D eigenvalue weighted by Crippen LogP contribution is -2.40. The van der Waals surface area contributed by atoms with Gasteiger partial charge in [0.1, 0.15) is 5.82 Å². The molecule has 1 saturated heterocycles. The van der Waals surface area contributed by atoms with Crippen LogP contribution in [0.15, 0.2) is 18.2 Å². The zero-order valence-corrected chi connectivity index (χ0v) is 13.6. The van der Waals surface area contributed by atoms with Crippen LogP contribution in [0.3, 0.4) is 0 Å². The molecule has 1 aromatic rings. The average Bonchev–Trinajstić information content (AvgIpc) is 2.34. The predicted octanol–water partition coefficient (Wildman–Crippen LogP) is 5.01. The lowest BCUT2D eigenvalue weighted by atomic mass is 9.97. The first-order valence-corrected chi connectivity index (χ1v) is 8.17. The van der Waals surface area contributed by atoms with Gasteiger partial charge in [-0.3, -0.25) is 4.90 Å². The van der Waals surface area contributed by atoms with Gasteiger partial charge in [0.25, 0.3) is 0 Å². The second kappa shape index (κ2) is 7.05. The van der Waals surface area contributed by atoms with Crippen LogP contribution in [-0.4, -0.2) is 22.3 Å². The Hall–Kier alpha value is -0.120. The molecule has 0 aliphatic carbocycles. The Morgan fingerprint density at radius 2 is 2.26 bits per heavy atom. The zero-order valence-electron chi connectivity index (χ0n) is 11.2. The molecule has 0 saturated carbocycles. The van der Waals surface area contributed by atoms with E-state index in [0.29, 0.717) is 22.4 Å². The monoisotopic (exact) mass is 347 g/mol. The molecule has 2 unspecified atom stereocenters. The number of piperidine rings is 1. The maximum absolute atomic E-state index is 13.9. The Balaban J connectivity index is 2.06. The van der Waals surface area contributed by atoms with E-state index < -0.39 is 0 Å². The van der Waals surface area contributed by atoms with Crippen LogP contribution < -0.4 is 0 Å². The van der Waals surface area contributed by atoms with Crippen molar-refractivity contribution >= 4 is 27.5 Å². The second-order valence-corrected chi connectivity index (χ2v) is 7.37. The lowest BCUT2D eigenvalue weighted by Gasteiger charge is -2.36. The number of nitrogens with zero attached hydrogens (tertiary/aromatic N) is 1. The molecule has 2 atom stereocenters. The summed E-state index contributed by atoms with van der Waals surface area (Å²) in [4.78, 5) is 2.92. The van der Waals surface area contributed by atoms with Crippen molar-refractivity contribution in [2.45, 2.75) is 50.0 Å². The van der Waals surface area contributed by atoms with E-state index in [4.69, 9.17) is 11.6 Å². The molecule has 0 radical (unpaired) electrons. The summed E-state index contributed by atoms with van der Waals surface area (Å²) in [6.07, 6.45) is 4.83. The summed E-state index contributed by atoms with van der Waals surface area (Å²) in [6.45, 7) is 3.93. The van der Waals surface area contributed by atoms with Gasteiger partial charge in [0, 0.05) is 28.0 Å². The average molecular weight is 349 g/mol. The molecule has 1 aliphatic rings. The van der Waals surface area contributed by atoms with Crippen LogP contribution in [0, 0.1) is 5.82 Å². The topological polar surface area (TPSA) is 3.24 Å². The van der Waals surface area contributed by atoms with Gasteiger partial charge in [-0.1, -0.05) is 46.9 Å². The molecule has 1 fully saturated rings. The van der Waals surface area contributed by atoms with Crippen LogP contribution in [0.1, 0.15) is 38.2 Å². The fraction of sp³-hybridized carbons (Fsp3) is 0.600. The minimum atomic E-state index is -0.191. The van der Waals surface area contributed by atoms with Gasteiger partial charge in [-0.25, -0.2) is 4.39 Å². The summed E-state index contributed by atoms with van der Waals surface area (Å²) in [5.74, 6) is -0.191. The molecule has 1 nitrogen and oxygen atoms in total. The molecule has 0 spiro atoms. The third-order valence-electron chi connectivity index (χ3n) is 3.73. The molecule has 1 heterocycles. The Morgan fingerprint density at radius 1 is 1.47 bits per heavy atom. The third-order valence-corrected chi connectivity index (χ3v) is 4.34. The van der Waals surface area contributed by atoms with E-state index >= 15 is 0 Å². The molecule has 19 heavy (non-hydrogen) atoms. The highest BCUT2D eigenvalue weighted by Crippen LogP contribution is 2.26. The van der Waals surface area contributed by atoms with Crippen molar-refractivity contribution in [1.29, 1.82) is 0 Å². The quantitative estimate of drug-likeness (QED) is 0.692. The first-order valence-electron chi connectivity index (χ1n) is 6.88. The molecule has 106 valence electrons. The van der Waals surface area contributed by atoms with Crippen LogP contribution >= 0.6 is 27.5 Å². The maximum Gasteiger partial charge on any atom is 0.129 e. The minimum Gasteiger partial charge on any atom is -0.296 e. The van der Waals surface area contributed by atoms with Gasteiger partial charge in [-0.05, 0) is 37.9 Å². The summed E-state index contributed by atoms with van der Waals surface area (Å²) in [5.41, 5.74) is 0.749. The Bertz CT molecular complexity index is 425. The Kier molecular flexibility index (Phi) is 5.67. The third kappa shape index (κ3) is 4.44. The van der Waals surface area contributed by atoms with E-state index in [-0.39, 0.29) is 5.82 Å². The van der Waals surface area contributed by atoms with Crippen molar-refractivity contribution in [3.63, 3.8) is 0 Å². The highest BCUT2D eigenvalue weighted by Gasteiger charge is 2.24. The van der Waals surface area contributed by atoms with Crippen molar-refractivity contribution in [2.24, 2.45) is 0 Å². The maximum atomic E-state index is 13.9. The number of hydrogen-bond donors (Lipinski definition) is 0. The van der Waals surface area contributed by atoms with Crippen LogP contribution in [0.25, 0.3) is 0 Å². The number of alkyl halides is 1. The molecule has 0 N–H and O–H groups in total. The van der Waals surface area contributed by atoms with E-state index in [9.17, 15) is 4.39 Å². The van der Waals surface area contributed by atoms with Crippen LogP contribution in [0.2, 0.25) is 5.02 Å². The molecule has 0 amide bonds. The van der Waals surface area contributed by atoms with Gasteiger partial charge in [-0.2, -0.15) is 0 Å². The highest BCUT2D eigenvalue weighted by atomic mass is 79.9. The first kappa shape index (κ1) is 15.3. The SMILES string of the molecule is CC(Br)CC1CCCCN1Cc1ccc(Cl)cc1F. The molecule has 0 bridgehead atoms. The van der Waals surface area contributed by atoms with Gasteiger partial charge < -0.3 is 0 Å². The number of rotatable bonds is 4. The number of hydrogen-bond acceptors (Lipinski definition) is 1. The summed E-state index contributed by atoms with van der Waals surface area (Å²) in [5, 5.41) is 0.463. The van der Waals surface area contributed by atoms with Gasteiger partial charge in [-0.15, -0.1) is 0 Å². The van der Waals surface area contributed by atoms with E-state index in [1.165, 1.54) is 25.3 Å². The number of benzene rings is 1. The molecular weight excluding hydrogens is 329 g/mol. The van der Waals surface area contributed by atoms with E-state index in [2.05, 4.69) is 27.8 Å². The van der Waals surface area contributed by atoms with Crippen LogP contribution in [0.5, 0.6) is 0 Å². The first-order chi connectivity index (χ1) is 9.06. The Labute approximate surface area is 128 Å². The number of likely N-dealkylation sites (tertiary alicyclic amines) is 1. The van der Waals surface area contributed by atoms with Crippen LogP contribution in [0.4, 0.5) is 4.39 Å². The van der Waals surface area contributed by atoms with Crippen molar-refractivity contribution in [3.8, 4) is 0 Å². The van der Waals surface area contributed by atoms with E-state index in [1.807, 2.05) is 0 Å². The zero-order chi connectivity index (χ0) is 13.8. The predicted molar refractivity (Wildman–Crippen MR) is 82.5 cm³/mol. The summed E-state index contributed by atoms with van der Waals surface area (Å²) < 4.78 is 13.9. The van der Waals surface area contributed by atoms with Gasteiger partial charge in [0.15, 0.2) is 0 Å². The summed E-state index contributed by atoms with van der Waals surface area (Å²) in [6, 6.07) is 5.54. The normalized spacial score (nSPS) is 22.4. The van der Waals surface area contributed by atoms with Crippen molar-refractivity contribution in [1.82, 2.24) is 4.90 Å². The highest BCUT2D eigenvalue weighted by molar-refractivity contribution is 9.09. The summed E-state index contributed by atoms with van der Waals surface area (Å²) >= 11 is 9.43. The second-order valence-electron chi connectivity index (χ2n) is 5.37. The van der Waals surface area contributed by atoms with Crippen molar-refractivity contribution in [3.05, 3.63) is 34.6 Å². The van der Waals surface area contributed by atoms with E-state index in [1.54, 1.807) is 12.1 Å². The lowest BCUT2D eigenvalue weighted by molar-refractivity contribution is 0.131. The van der Waals surface area contributed by atoms with Gasteiger partial charge in [0.2, 0.25) is 0 Å². The Morgan fingerprint density at radius 3 is 2.95 bits per heavy atom. The molecule has 1 aliphatic heterocycles. The molecule has 1 aromatic carbocycles. The van der Waals surface area contributed by atoms with Gasteiger partial charge in [0.05, 0.1) is 0 Å². The van der Waals surface area contributed by atoms with Crippen molar-refractivity contribution in [2.75, 3.05) is 6.54 Å². The number of halogens is 3. The largest absolute Gasteiger partial charge is 0.296 e.